The van der Waals surface area contributed by atoms with Crippen molar-refractivity contribution in [2.75, 3.05) is 6.79 Å². The molecule has 0 amide bonds. The molecule has 2 rings (SSSR count). The van der Waals surface area contributed by atoms with Crippen molar-refractivity contribution in [3.63, 3.8) is 0 Å². The van der Waals surface area contributed by atoms with E-state index in [0.29, 0.717) is 18.8 Å². The number of hydrogen-bond donors (Lipinski definition) is 2. The van der Waals surface area contributed by atoms with Crippen molar-refractivity contribution in [1.82, 2.24) is 0 Å². The molecule has 0 aromatic heterocycles. The zero-order chi connectivity index (χ0) is 14.9. The standard InChI is InChI=1S/C16H18N2O3/c17-16(18-19)10-13-6-8-15(9-7-13)21-12-20-11-14-4-2-1-3-5-14/h1-9,19H,10-12H2,(H2,17,18). The maximum atomic E-state index is 8.51. The molecule has 3 N–H and O–H groups in total. The molecule has 0 heterocycles. The lowest BCUT2D eigenvalue weighted by Crippen LogP contribution is -2.14. The summed E-state index contributed by atoms with van der Waals surface area (Å²) in [5.74, 6) is 0.890. The molecular formula is C16H18N2O3. The highest BCUT2D eigenvalue weighted by Crippen LogP contribution is 2.13. The van der Waals surface area contributed by atoms with Crippen LogP contribution in [-0.2, 0) is 17.8 Å². The number of nitrogens with two attached hydrogens (primary N) is 1. The topological polar surface area (TPSA) is 77.1 Å². The first-order valence-corrected chi connectivity index (χ1v) is 6.58. The van der Waals surface area contributed by atoms with Gasteiger partial charge in [-0.05, 0) is 23.3 Å². The van der Waals surface area contributed by atoms with Gasteiger partial charge in [0.15, 0.2) is 6.79 Å². The third-order valence-electron chi connectivity index (χ3n) is 2.86. The zero-order valence-electron chi connectivity index (χ0n) is 11.6. The maximum absolute atomic E-state index is 8.51. The normalized spacial score (nSPS) is 11.3. The van der Waals surface area contributed by atoms with E-state index in [1.165, 1.54) is 0 Å². The molecule has 0 bridgehead atoms. The van der Waals surface area contributed by atoms with Crippen LogP contribution < -0.4 is 10.5 Å². The molecule has 5 heteroatoms. The van der Waals surface area contributed by atoms with Gasteiger partial charge in [0, 0.05) is 6.42 Å². The summed E-state index contributed by atoms with van der Waals surface area (Å²) in [4.78, 5) is 0. The van der Waals surface area contributed by atoms with Gasteiger partial charge >= 0.3 is 0 Å². The summed E-state index contributed by atoms with van der Waals surface area (Å²) in [6.07, 6.45) is 0.404. The smallest absolute Gasteiger partial charge is 0.189 e. The molecule has 0 saturated carbocycles. The quantitative estimate of drug-likeness (QED) is 0.205. The van der Waals surface area contributed by atoms with Crippen LogP contribution in [0, 0.1) is 0 Å². The second-order valence-corrected chi connectivity index (χ2v) is 4.51. The van der Waals surface area contributed by atoms with Gasteiger partial charge in [0.05, 0.1) is 6.61 Å². The molecule has 2 aromatic rings. The average molecular weight is 286 g/mol. The van der Waals surface area contributed by atoms with Crippen molar-refractivity contribution in [1.29, 1.82) is 0 Å². The number of amidine groups is 1. The summed E-state index contributed by atoms with van der Waals surface area (Å²) in [6.45, 7) is 0.705. The van der Waals surface area contributed by atoms with Gasteiger partial charge in [-0.15, -0.1) is 0 Å². The molecule has 0 radical (unpaired) electrons. The van der Waals surface area contributed by atoms with Gasteiger partial charge in [-0.3, -0.25) is 0 Å². The Hall–Kier alpha value is -2.53. The molecule has 0 saturated heterocycles. The minimum absolute atomic E-state index is 0.176. The van der Waals surface area contributed by atoms with E-state index in [9.17, 15) is 0 Å². The molecule has 0 unspecified atom stereocenters. The lowest BCUT2D eigenvalue weighted by molar-refractivity contribution is 0.00504. The third kappa shape index (κ3) is 5.16. The van der Waals surface area contributed by atoms with Crippen molar-refractivity contribution in [3.8, 4) is 5.75 Å². The van der Waals surface area contributed by atoms with E-state index in [4.69, 9.17) is 20.4 Å². The summed E-state index contributed by atoms with van der Waals surface area (Å²) in [6, 6.07) is 17.3. The summed E-state index contributed by atoms with van der Waals surface area (Å²) in [7, 11) is 0. The second-order valence-electron chi connectivity index (χ2n) is 4.51. The molecule has 21 heavy (non-hydrogen) atoms. The summed E-state index contributed by atoms with van der Waals surface area (Å²) in [5.41, 5.74) is 7.50. The van der Waals surface area contributed by atoms with Crippen LogP contribution >= 0.6 is 0 Å². The van der Waals surface area contributed by atoms with Gasteiger partial charge in [-0.25, -0.2) is 0 Å². The van der Waals surface area contributed by atoms with Crippen LogP contribution in [0.1, 0.15) is 11.1 Å². The van der Waals surface area contributed by atoms with Crippen LogP contribution in [-0.4, -0.2) is 17.8 Å². The van der Waals surface area contributed by atoms with Crippen molar-refractivity contribution in [2.24, 2.45) is 10.9 Å². The Labute approximate surface area is 123 Å². The second kappa shape index (κ2) is 7.91. The van der Waals surface area contributed by atoms with E-state index in [-0.39, 0.29) is 12.6 Å². The van der Waals surface area contributed by atoms with Crippen molar-refractivity contribution in [3.05, 3.63) is 65.7 Å². The predicted octanol–water partition coefficient (Wildman–Crippen LogP) is 2.53. The molecule has 0 aliphatic rings. The Kier molecular flexibility index (Phi) is 5.60. The monoisotopic (exact) mass is 286 g/mol. The molecule has 0 spiro atoms. The van der Waals surface area contributed by atoms with Gasteiger partial charge in [-0.2, -0.15) is 0 Å². The lowest BCUT2D eigenvalue weighted by Gasteiger charge is -2.08. The Morgan fingerprint density at radius 3 is 2.38 bits per heavy atom. The first kappa shape index (κ1) is 14.9. The van der Waals surface area contributed by atoms with Gasteiger partial charge in [0.2, 0.25) is 0 Å². The van der Waals surface area contributed by atoms with Crippen LogP contribution in [0.5, 0.6) is 5.75 Å². The molecule has 0 atom stereocenters. The van der Waals surface area contributed by atoms with Crippen LogP contribution in [0.15, 0.2) is 59.8 Å². The first-order valence-electron chi connectivity index (χ1n) is 6.58. The molecule has 110 valence electrons. The number of rotatable bonds is 7. The molecule has 0 aliphatic heterocycles. The third-order valence-corrected chi connectivity index (χ3v) is 2.86. The van der Waals surface area contributed by atoms with Crippen LogP contribution in [0.25, 0.3) is 0 Å². The van der Waals surface area contributed by atoms with Gasteiger partial charge < -0.3 is 20.4 Å². The lowest BCUT2D eigenvalue weighted by atomic mass is 10.1. The number of ether oxygens (including phenoxy) is 2. The van der Waals surface area contributed by atoms with E-state index in [1.54, 1.807) is 0 Å². The Morgan fingerprint density at radius 1 is 1.00 bits per heavy atom. The number of oxime groups is 1. The van der Waals surface area contributed by atoms with Crippen LogP contribution in [0.4, 0.5) is 0 Å². The highest BCUT2D eigenvalue weighted by molar-refractivity contribution is 5.82. The van der Waals surface area contributed by atoms with E-state index in [0.717, 1.165) is 11.1 Å². The number of hydrogen-bond acceptors (Lipinski definition) is 4. The maximum Gasteiger partial charge on any atom is 0.189 e. The Morgan fingerprint density at radius 2 is 1.71 bits per heavy atom. The molecule has 0 fully saturated rings. The Balaban J connectivity index is 1.73. The van der Waals surface area contributed by atoms with Gasteiger partial charge in [-0.1, -0.05) is 47.6 Å². The van der Waals surface area contributed by atoms with Crippen molar-refractivity contribution < 1.29 is 14.7 Å². The fourth-order valence-corrected chi connectivity index (χ4v) is 1.79. The Bertz CT molecular complexity index is 568. The summed E-state index contributed by atoms with van der Waals surface area (Å²) < 4.78 is 10.9. The van der Waals surface area contributed by atoms with Gasteiger partial charge in [0.25, 0.3) is 0 Å². The summed E-state index contributed by atoms with van der Waals surface area (Å²) in [5, 5.41) is 11.4. The summed E-state index contributed by atoms with van der Waals surface area (Å²) >= 11 is 0. The largest absolute Gasteiger partial charge is 0.468 e. The molecule has 0 aliphatic carbocycles. The average Bonchev–Trinajstić information content (AvgIpc) is 2.54. The van der Waals surface area contributed by atoms with Crippen molar-refractivity contribution >= 4 is 5.84 Å². The highest BCUT2D eigenvalue weighted by Gasteiger charge is 1.99. The number of nitrogens with zero attached hydrogens (tertiary/aromatic N) is 1. The molecule has 2 aromatic carbocycles. The highest BCUT2D eigenvalue weighted by atomic mass is 16.7. The molecule has 5 nitrogen and oxygen atoms in total. The van der Waals surface area contributed by atoms with E-state index in [2.05, 4.69) is 5.16 Å². The SMILES string of the molecule is N/C(Cc1ccc(OCOCc2ccccc2)cc1)=N/O. The van der Waals surface area contributed by atoms with Crippen molar-refractivity contribution in [2.45, 2.75) is 13.0 Å². The molecular weight excluding hydrogens is 268 g/mol. The van der Waals surface area contributed by atoms with Crippen LogP contribution in [0.3, 0.4) is 0 Å². The van der Waals surface area contributed by atoms with E-state index >= 15 is 0 Å². The fourth-order valence-electron chi connectivity index (χ4n) is 1.79. The van der Waals surface area contributed by atoms with E-state index < -0.39 is 0 Å². The van der Waals surface area contributed by atoms with E-state index in [1.807, 2.05) is 54.6 Å². The first-order chi connectivity index (χ1) is 10.3. The minimum Gasteiger partial charge on any atom is -0.468 e. The van der Waals surface area contributed by atoms with Crippen LogP contribution in [0.2, 0.25) is 0 Å². The fraction of sp³-hybridized carbons (Fsp3) is 0.188. The minimum atomic E-state index is 0.176. The van der Waals surface area contributed by atoms with Gasteiger partial charge in [0.1, 0.15) is 11.6 Å². The number of benzene rings is 2. The predicted molar refractivity (Wildman–Crippen MR) is 80.3 cm³/mol. The zero-order valence-corrected chi connectivity index (χ0v) is 11.6.